The normalized spacial score (nSPS) is 14.7. The number of carbonyl (C=O) groups excluding carboxylic acids is 2. The molecule has 0 spiro atoms. The van der Waals surface area contributed by atoms with E-state index in [1.54, 1.807) is 57.6 Å². The summed E-state index contributed by atoms with van der Waals surface area (Å²) in [7, 11) is 0. The highest BCUT2D eigenvalue weighted by molar-refractivity contribution is 6.36. The Hall–Kier alpha value is -10.4. The van der Waals surface area contributed by atoms with Gasteiger partial charge in [-0.1, -0.05) is 58.0 Å². The first kappa shape index (κ1) is 79.8. The molecule has 0 saturated carbocycles. The number of morpholine rings is 4. The van der Waals surface area contributed by atoms with Crippen molar-refractivity contribution in [2.24, 2.45) is 0 Å². The van der Waals surface area contributed by atoms with Crippen LogP contribution in [0, 0.1) is 38.8 Å². The van der Waals surface area contributed by atoms with Crippen LogP contribution >= 0.6 is 58.0 Å². The van der Waals surface area contributed by atoms with Gasteiger partial charge in [0.25, 0.3) is 23.2 Å². The van der Waals surface area contributed by atoms with Crippen LogP contribution < -0.4 is 51.2 Å². The Morgan fingerprint density at radius 2 is 0.858 bits per heavy atom. The molecular weight excluding hydrogens is 1490 g/mol. The lowest BCUT2D eigenvalue weighted by Gasteiger charge is -2.27. The summed E-state index contributed by atoms with van der Waals surface area (Å²) in [5.41, 5.74) is 14.1. The molecular formula is C68H70Cl5F2N19O12. The Labute approximate surface area is 630 Å². The van der Waals surface area contributed by atoms with E-state index in [4.69, 9.17) is 97.9 Å². The minimum atomic E-state index is -0.782. The van der Waals surface area contributed by atoms with Crippen LogP contribution in [-0.4, -0.2) is 172 Å². The number of benzene rings is 2. The molecule has 2 aromatic carbocycles. The van der Waals surface area contributed by atoms with Gasteiger partial charge in [0.05, 0.1) is 108 Å². The number of rotatable bonds is 16. The van der Waals surface area contributed by atoms with E-state index < -0.39 is 45.5 Å². The summed E-state index contributed by atoms with van der Waals surface area (Å²) in [6.07, 6.45) is 5.73. The van der Waals surface area contributed by atoms with Crippen LogP contribution in [0.4, 0.5) is 66.3 Å². The maximum atomic E-state index is 13.9. The Bertz CT molecular complexity index is 4240. The molecule has 106 heavy (non-hydrogen) atoms. The molecule has 9 aromatic rings. The third kappa shape index (κ3) is 22.8. The van der Waals surface area contributed by atoms with E-state index in [0.29, 0.717) is 73.7 Å². The fourth-order valence-electron chi connectivity index (χ4n) is 10.2. The molecule has 38 heteroatoms. The summed E-state index contributed by atoms with van der Waals surface area (Å²) in [5.74, 6) is 1.43. The van der Waals surface area contributed by atoms with Gasteiger partial charge in [0, 0.05) is 97.8 Å². The number of nitrogen functional groups attached to an aromatic ring is 2. The van der Waals surface area contributed by atoms with E-state index in [1.807, 2.05) is 29.2 Å². The highest BCUT2D eigenvalue weighted by atomic mass is 35.5. The number of hydrogen-bond acceptors (Lipinski definition) is 27. The molecule has 0 aliphatic carbocycles. The van der Waals surface area contributed by atoms with Gasteiger partial charge in [-0.25, -0.2) is 33.7 Å². The van der Waals surface area contributed by atoms with E-state index in [-0.39, 0.29) is 65.1 Å². The van der Waals surface area contributed by atoms with Gasteiger partial charge in [0.1, 0.15) is 76.1 Å². The third-order valence-corrected chi connectivity index (χ3v) is 17.4. The molecule has 4 aliphatic rings. The zero-order valence-electron chi connectivity index (χ0n) is 57.0. The standard InChI is InChI=1S/C23H22Cl2FN5O3.C22H21Cl2FN6O3.C9H11N3O3.C9H13N3O.C5H3ClN2O2/c1-13-19(34-14(2)21-16(24)4-5-17(26)22(21)25)11-18(30-29-13)23(32)28-15-3-6-20(27-12-15)31-7-9-33-10-8-31;1-12(19-14(23)3-4-15(25)20(19)24)34-17-10-16(29-30-21(17)26)22(32)28-13-2-5-18(27-11-13)31-6-8-33-9-7-31;13-12(14)8-1-2-9(10-7-8)11-3-5-15-6-4-11;10-8-1-2-9(11-7-8)12-3-5-13-6-4-12;6-5-2-1-4(3-7-5)8(9)10/h3-6,11-12,14H,7-10H2,1-2H3,(H,28,32);2-5,10-12H,6-9H2,1H3,(H2,26,30)(H,28,32);1-2,7H,3-6H2;1-2,7H,3-6,10H2;1-3H. The molecule has 4 aliphatic heterocycles. The fourth-order valence-corrected chi connectivity index (χ4v) is 11.6. The second kappa shape index (κ2) is 39.1. The van der Waals surface area contributed by atoms with Crippen molar-refractivity contribution in [1.29, 1.82) is 0 Å². The maximum Gasteiger partial charge on any atom is 0.287 e. The first-order valence-electron chi connectivity index (χ1n) is 32.5. The molecule has 2 amide bonds. The molecule has 31 nitrogen and oxygen atoms in total. The van der Waals surface area contributed by atoms with Gasteiger partial charge in [-0.3, -0.25) is 29.8 Å². The molecule has 13 rings (SSSR count). The number of hydrogen-bond donors (Lipinski definition) is 4. The van der Waals surface area contributed by atoms with Crippen molar-refractivity contribution in [3.05, 3.63) is 213 Å². The molecule has 7 aromatic heterocycles. The van der Waals surface area contributed by atoms with Crippen molar-refractivity contribution in [1.82, 2.24) is 45.3 Å². The average molecular weight is 1560 g/mol. The highest BCUT2D eigenvalue weighted by Gasteiger charge is 2.25. The van der Waals surface area contributed by atoms with E-state index >= 15 is 0 Å². The molecule has 4 fully saturated rings. The average Bonchev–Trinajstić information content (AvgIpc) is 0.814. The number of nitrogens with one attached hydrogen (secondary N) is 2. The number of ether oxygens (including phenoxy) is 6. The molecule has 6 N–H and O–H groups in total. The van der Waals surface area contributed by atoms with Crippen LogP contribution in [-0.2, 0) is 18.9 Å². The van der Waals surface area contributed by atoms with Crippen molar-refractivity contribution in [2.75, 3.05) is 147 Å². The van der Waals surface area contributed by atoms with E-state index in [1.165, 1.54) is 54.7 Å². The SMILES string of the molecule is CC(Oc1cc(C(=O)Nc2ccc(N3CCOCC3)nc2)nnc1N)c1c(Cl)ccc(F)c1Cl.Cc1nnc(C(=O)Nc2ccc(N3CCOCC3)nc2)cc1OC(C)c1c(Cl)ccc(F)c1Cl.Nc1ccc(N2CCOCC2)nc1.O=[N+]([O-])c1ccc(Cl)nc1.O=[N+]([O-])c1ccc(N2CCOCC2)nc1. The molecule has 0 bridgehead atoms. The number of pyridine rings is 5. The third-order valence-electron chi connectivity index (χ3n) is 15.8. The predicted molar refractivity (Wildman–Crippen MR) is 396 cm³/mol. The topological polar surface area (TPSA) is 381 Å². The summed E-state index contributed by atoms with van der Waals surface area (Å²) in [4.78, 5) is 74.1. The molecule has 11 heterocycles. The van der Waals surface area contributed by atoms with E-state index in [9.17, 15) is 38.6 Å². The van der Waals surface area contributed by atoms with Crippen molar-refractivity contribution < 1.29 is 56.6 Å². The number of carbonyl (C=O) groups is 2. The second-order valence-electron chi connectivity index (χ2n) is 23.0. The Morgan fingerprint density at radius 3 is 1.23 bits per heavy atom. The van der Waals surface area contributed by atoms with Crippen LogP contribution in [0.1, 0.15) is 63.9 Å². The van der Waals surface area contributed by atoms with Gasteiger partial charge in [-0.15, -0.1) is 15.3 Å². The lowest BCUT2D eigenvalue weighted by Crippen LogP contribution is -2.36. The van der Waals surface area contributed by atoms with Gasteiger partial charge in [-0.05, 0) is 93.6 Å². The van der Waals surface area contributed by atoms with Gasteiger partial charge in [0.2, 0.25) is 0 Å². The summed E-state index contributed by atoms with van der Waals surface area (Å²) >= 11 is 29.9. The van der Waals surface area contributed by atoms with Crippen LogP contribution in [0.25, 0.3) is 0 Å². The zero-order chi connectivity index (χ0) is 75.8. The van der Waals surface area contributed by atoms with Crippen LogP contribution in [0.15, 0.2) is 128 Å². The minimum Gasteiger partial charge on any atom is -0.484 e. The Morgan fingerprint density at radius 1 is 0.491 bits per heavy atom. The smallest absolute Gasteiger partial charge is 0.287 e. The van der Waals surface area contributed by atoms with Gasteiger partial charge >= 0.3 is 0 Å². The number of nitrogens with zero attached hydrogens (tertiary/aromatic N) is 15. The summed E-state index contributed by atoms with van der Waals surface area (Å²) in [6, 6.07) is 24.7. The fraction of sp³-hybridized carbons (Fsp3) is 0.309. The van der Waals surface area contributed by atoms with Gasteiger partial charge in [0.15, 0.2) is 23.0 Å². The van der Waals surface area contributed by atoms with Crippen molar-refractivity contribution >= 4 is 127 Å². The van der Waals surface area contributed by atoms with Gasteiger partial charge in [-0.2, -0.15) is 5.10 Å². The minimum absolute atomic E-state index is 0.0204. The number of aryl methyl sites for hydroxylation is 1. The van der Waals surface area contributed by atoms with Crippen molar-refractivity contribution in [3.8, 4) is 11.5 Å². The highest BCUT2D eigenvalue weighted by Crippen LogP contribution is 2.38. The number of anilines is 8. The number of aromatic nitrogens is 9. The quantitative estimate of drug-likeness (QED) is 0.0302. The molecule has 2 unspecified atom stereocenters. The Kier molecular flexibility index (Phi) is 29.4. The monoisotopic (exact) mass is 1560 g/mol. The first-order chi connectivity index (χ1) is 51.0. The summed E-state index contributed by atoms with van der Waals surface area (Å²) in [5, 5.41) is 42.0. The molecule has 4 saturated heterocycles. The van der Waals surface area contributed by atoms with E-state index in [0.717, 1.165) is 101 Å². The molecule has 2 atom stereocenters. The summed E-state index contributed by atoms with van der Waals surface area (Å²) in [6.45, 7) is 17.0. The van der Waals surface area contributed by atoms with Crippen LogP contribution in [0.5, 0.6) is 11.5 Å². The Balaban J connectivity index is 0.000000166. The van der Waals surface area contributed by atoms with Crippen LogP contribution in [0.2, 0.25) is 25.2 Å². The lowest BCUT2D eigenvalue weighted by atomic mass is 10.1. The number of halogens is 7. The largest absolute Gasteiger partial charge is 0.484 e. The zero-order valence-corrected chi connectivity index (χ0v) is 60.8. The van der Waals surface area contributed by atoms with Crippen molar-refractivity contribution in [2.45, 2.75) is 33.0 Å². The second-order valence-corrected chi connectivity index (χ2v) is 24.9. The number of nitrogens with two attached hydrogens (primary N) is 2. The van der Waals surface area contributed by atoms with Crippen LogP contribution in [0.3, 0.4) is 0 Å². The predicted octanol–water partition coefficient (Wildman–Crippen LogP) is 12.0. The summed E-state index contributed by atoms with van der Waals surface area (Å²) < 4.78 is 60.7. The van der Waals surface area contributed by atoms with E-state index in [2.05, 4.69) is 70.6 Å². The first-order valence-corrected chi connectivity index (χ1v) is 34.4. The molecule has 0 radical (unpaired) electrons. The molecule has 558 valence electrons. The maximum absolute atomic E-state index is 13.9. The number of amides is 2. The van der Waals surface area contributed by atoms with Crippen molar-refractivity contribution in [3.63, 3.8) is 0 Å². The lowest BCUT2D eigenvalue weighted by molar-refractivity contribution is -0.385. The number of nitro groups is 2. The van der Waals surface area contributed by atoms with Gasteiger partial charge < -0.3 is 70.1 Å².